The minimum atomic E-state index is 0.356. The smallest absolute Gasteiger partial charge is 0.180 e. The van der Waals surface area contributed by atoms with Crippen molar-refractivity contribution in [1.82, 2.24) is 15.0 Å². The number of hydrogen-bond acceptors (Lipinski definition) is 4. The quantitative estimate of drug-likeness (QED) is 0.860. The molecule has 2 aromatic rings. The summed E-state index contributed by atoms with van der Waals surface area (Å²) in [6, 6.07) is 5.75. The number of aromatic nitrogens is 3. The van der Waals surface area contributed by atoms with E-state index in [0.29, 0.717) is 11.7 Å². The first-order chi connectivity index (χ1) is 8.63. The average Bonchev–Trinajstić information content (AvgIpc) is 2.39. The zero-order valence-electron chi connectivity index (χ0n) is 10.6. The highest BCUT2D eigenvalue weighted by molar-refractivity contribution is 14.1. The molecule has 5 heteroatoms. The van der Waals surface area contributed by atoms with Crippen LogP contribution in [-0.4, -0.2) is 22.0 Å². The van der Waals surface area contributed by atoms with E-state index in [1.165, 1.54) is 0 Å². The Balaban J connectivity index is 2.59. The van der Waals surface area contributed by atoms with Crippen LogP contribution in [0.4, 0.5) is 5.82 Å². The maximum atomic E-state index is 4.63. The minimum Gasteiger partial charge on any atom is -0.372 e. The van der Waals surface area contributed by atoms with E-state index >= 15 is 0 Å². The Morgan fingerprint density at radius 1 is 1.22 bits per heavy atom. The monoisotopic (exact) mass is 354 g/mol. The summed E-state index contributed by atoms with van der Waals surface area (Å²) in [6.45, 7) is 4.26. The number of nitrogens with zero attached hydrogens (tertiary/aromatic N) is 3. The van der Waals surface area contributed by atoms with E-state index in [4.69, 9.17) is 0 Å². The molecule has 94 valence electrons. The molecular formula is C13H15IN4. The van der Waals surface area contributed by atoms with Gasteiger partial charge < -0.3 is 5.32 Å². The molecule has 1 N–H and O–H groups in total. The highest BCUT2D eigenvalue weighted by Gasteiger charge is 2.15. The van der Waals surface area contributed by atoms with Crippen molar-refractivity contribution in [2.24, 2.45) is 0 Å². The van der Waals surface area contributed by atoms with Gasteiger partial charge in [0.1, 0.15) is 11.5 Å². The van der Waals surface area contributed by atoms with Crippen molar-refractivity contribution in [3.05, 3.63) is 33.7 Å². The van der Waals surface area contributed by atoms with Crippen LogP contribution < -0.4 is 5.32 Å². The summed E-state index contributed by atoms with van der Waals surface area (Å²) >= 11 is 2.28. The van der Waals surface area contributed by atoms with E-state index < -0.39 is 0 Å². The Morgan fingerprint density at radius 2 is 2.00 bits per heavy atom. The van der Waals surface area contributed by atoms with Gasteiger partial charge in [0.25, 0.3) is 0 Å². The molecule has 18 heavy (non-hydrogen) atoms. The normalized spacial score (nSPS) is 10.7. The van der Waals surface area contributed by atoms with Crippen LogP contribution in [0.2, 0.25) is 0 Å². The molecule has 0 fully saturated rings. The van der Waals surface area contributed by atoms with Gasteiger partial charge in [-0.1, -0.05) is 19.9 Å². The van der Waals surface area contributed by atoms with Crippen molar-refractivity contribution in [2.45, 2.75) is 19.8 Å². The number of hydrogen-bond donors (Lipinski definition) is 1. The predicted octanol–water partition coefficient (Wildman–Crippen LogP) is 3.31. The van der Waals surface area contributed by atoms with Crippen LogP contribution in [0.25, 0.3) is 11.5 Å². The van der Waals surface area contributed by atoms with Crippen molar-refractivity contribution in [1.29, 1.82) is 0 Å². The first-order valence-electron chi connectivity index (χ1n) is 5.80. The summed E-state index contributed by atoms with van der Waals surface area (Å²) in [5.74, 6) is 1.88. The average molecular weight is 354 g/mol. The summed E-state index contributed by atoms with van der Waals surface area (Å²) in [5, 5.41) is 3.11. The standard InChI is InChI=1S/C13H15IN4/c1-8(2)11-10(14)13(15-3)18-12(17-11)9-6-4-5-7-16-9/h4-8H,1-3H3,(H,15,17,18). The second kappa shape index (κ2) is 5.60. The van der Waals surface area contributed by atoms with Crippen LogP contribution in [-0.2, 0) is 0 Å². The second-order valence-electron chi connectivity index (χ2n) is 4.21. The Bertz CT molecular complexity index is 540. The number of pyridine rings is 1. The topological polar surface area (TPSA) is 50.7 Å². The van der Waals surface area contributed by atoms with Crippen LogP contribution in [0.15, 0.2) is 24.4 Å². The van der Waals surface area contributed by atoms with E-state index in [2.05, 4.69) is 56.7 Å². The molecule has 0 saturated carbocycles. The molecule has 0 bridgehead atoms. The van der Waals surface area contributed by atoms with Gasteiger partial charge in [0.05, 0.1) is 9.26 Å². The lowest BCUT2D eigenvalue weighted by molar-refractivity contribution is 0.808. The molecule has 0 amide bonds. The number of halogens is 1. The Hall–Kier alpha value is -1.24. The molecule has 0 saturated heterocycles. The number of nitrogens with one attached hydrogen (secondary N) is 1. The summed E-state index contributed by atoms with van der Waals surface area (Å²) in [4.78, 5) is 13.4. The highest BCUT2D eigenvalue weighted by Crippen LogP contribution is 2.27. The third-order valence-electron chi connectivity index (χ3n) is 2.55. The van der Waals surface area contributed by atoms with Gasteiger partial charge in [-0.15, -0.1) is 0 Å². The molecule has 0 atom stereocenters. The fraction of sp³-hybridized carbons (Fsp3) is 0.308. The van der Waals surface area contributed by atoms with Crippen molar-refractivity contribution < 1.29 is 0 Å². The van der Waals surface area contributed by atoms with Crippen LogP contribution in [0.5, 0.6) is 0 Å². The number of anilines is 1. The lowest BCUT2D eigenvalue weighted by Crippen LogP contribution is -2.07. The minimum absolute atomic E-state index is 0.356. The van der Waals surface area contributed by atoms with E-state index in [0.717, 1.165) is 20.8 Å². The second-order valence-corrected chi connectivity index (χ2v) is 5.29. The van der Waals surface area contributed by atoms with Crippen molar-refractivity contribution in [3.63, 3.8) is 0 Å². The lowest BCUT2D eigenvalue weighted by atomic mass is 10.1. The lowest BCUT2D eigenvalue weighted by Gasteiger charge is -2.13. The van der Waals surface area contributed by atoms with Gasteiger partial charge in [0.15, 0.2) is 5.82 Å². The summed E-state index contributed by atoms with van der Waals surface area (Å²) in [5.41, 5.74) is 1.85. The zero-order valence-corrected chi connectivity index (χ0v) is 12.8. The first kappa shape index (κ1) is 13.2. The first-order valence-corrected chi connectivity index (χ1v) is 6.88. The fourth-order valence-corrected chi connectivity index (χ4v) is 2.76. The molecule has 0 aliphatic heterocycles. The molecule has 2 rings (SSSR count). The van der Waals surface area contributed by atoms with Gasteiger partial charge in [0, 0.05) is 13.2 Å². The maximum Gasteiger partial charge on any atom is 0.180 e. The van der Waals surface area contributed by atoms with Crippen molar-refractivity contribution >= 4 is 28.4 Å². The van der Waals surface area contributed by atoms with E-state index in [9.17, 15) is 0 Å². The van der Waals surface area contributed by atoms with Crippen LogP contribution in [0, 0.1) is 3.57 Å². The molecule has 0 aliphatic carbocycles. The Labute approximate surface area is 120 Å². The van der Waals surface area contributed by atoms with Crippen molar-refractivity contribution in [2.75, 3.05) is 12.4 Å². The third kappa shape index (κ3) is 2.60. The van der Waals surface area contributed by atoms with Gasteiger partial charge in [0.2, 0.25) is 0 Å². The third-order valence-corrected chi connectivity index (χ3v) is 3.62. The fourth-order valence-electron chi connectivity index (χ4n) is 1.62. The molecule has 2 heterocycles. The largest absolute Gasteiger partial charge is 0.372 e. The van der Waals surface area contributed by atoms with Crippen LogP contribution >= 0.6 is 22.6 Å². The van der Waals surface area contributed by atoms with E-state index in [-0.39, 0.29) is 0 Å². The summed E-state index contributed by atoms with van der Waals surface area (Å²) < 4.78 is 1.07. The Kier molecular flexibility index (Phi) is 4.11. The SMILES string of the molecule is CNc1nc(-c2ccccn2)nc(C(C)C)c1I. The number of rotatable bonds is 3. The maximum absolute atomic E-state index is 4.63. The highest BCUT2D eigenvalue weighted by atomic mass is 127. The van der Waals surface area contributed by atoms with E-state index in [1.54, 1.807) is 6.20 Å². The van der Waals surface area contributed by atoms with Gasteiger partial charge in [-0.05, 0) is 40.6 Å². The molecule has 2 aromatic heterocycles. The zero-order chi connectivity index (χ0) is 13.1. The summed E-state index contributed by atoms with van der Waals surface area (Å²) in [6.07, 6.45) is 1.75. The molecule has 4 nitrogen and oxygen atoms in total. The predicted molar refractivity (Wildman–Crippen MR) is 81.6 cm³/mol. The molecule has 0 spiro atoms. The molecular weight excluding hydrogens is 339 g/mol. The van der Waals surface area contributed by atoms with Crippen LogP contribution in [0.1, 0.15) is 25.5 Å². The van der Waals surface area contributed by atoms with Gasteiger partial charge in [-0.2, -0.15) is 0 Å². The van der Waals surface area contributed by atoms with Crippen LogP contribution in [0.3, 0.4) is 0 Å². The summed E-state index contributed by atoms with van der Waals surface area (Å²) in [7, 11) is 1.87. The van der Waals surface area contributed by atoms with Gasteiger partial charge in [-0.25, -0.2) is 9.97 Å². The van der Waals surface area contributed by atoms with E-state index in [1.807, 2.05) is 25.2 Å². The van der Waals surface area contributed by atoms with Gasteiger partial charge >= 0.3 is 0 Å². The Morgan fingerprint density at radius 3 is 2.56 bits per heavy atom. The van der Waals surface area contributed by atoms with Crippen molar-refractivity contribution in [3.8, 4) is 11.5 Å². The van der Waals surface area contributed by atoms with Gasteiger partial charge in [-0.3, -0.25) is 4.98 Å². The molecule has 0 unspecified atom stereocenters. The molecule has 0 aliphatic rings. The molecule has 0 aromatic carbocycles. The molecule has 0 radical (unpaired) electrons.